The number of Topliss-reactive ketones (excluding diaryl/α,β-unsaturated/α-hetero) is 1. The summed E-state index contributed by atoms with van der Waals surface area (Å²) in [5.74, 6) is -0.116. The van der Waals surface area contributed by atoms with Crippen molar-refractivity contribution >= 4 is 5.78 Å². The molecular weight excluding hydrogens is 354 g/mol. The van der Waals surface area contributed by atoms with Gasteiger partial charge >= 0.3 is 0 Å². The number of ketones is 1. The van der Waals surface area contributed by atoms with Gasteiger partial charge in [-0.25, -0.2) is 0 Å². The summed E-state index contributed by atoms with van der Waals surface area (Å²) in [6, 6.07) is 6.28. The Kier molecular flexibility index (Phi) is 4.84. The van der Waals surface area contributed by atoms with E-state index in [4.69, 9.17) is 0 Å². The van der Waals surface area contributed by atoms with E-state index in [-0.39, 0.29) is 40.6 Å². The molecular formula is C23H25NO4. The average Bonchev–Trinajstić information content (AvgIpc) is 2.69. The van der Waals surface area contributed by atoms with Gasteiger partial charge < -0.3 is 15.2 Å². The number of aromatic hydroxyl groups is 2. The van der Waals surface area contributed by atoms with Gasteiger partial charge in [-0.2, -0.15) is 0 Å². The molecule has 0 saturated heterocycles. The summed E-state index contributed by atoms with van der Waals surface area (Å²) in [4.78, 5) is 28.6. The number of H-pyrrole nitrogens is 1. The van der Waals surface area contributed by atoms with Gasteiger partial charge in [-0.1, -0.05) is 44.1 Å². The molecule has 5 nitrogen and oxygen atoms in total. The molecule has 1 fully saturated rings. The summed E-state index contributed by atoms with van der Waals surface area (Å²) in [6.45, 7) is 2.01. The van der Waals surface area contributed by atoms with Gasteiger partial charge in [0.25, 0.3) is 5.56 Å². The maximum atomic E-state index is 13.5. The summed E-state index contributed by atoms with van der Waals surface area (Å²) < 4.78 is 0. The fraction of sp³-hybridized carbons (Fsp3) is 0.391. The van der Waals surface area contributed by atoms with Crippen molar-refractivity contribution in [1.29, 1.82) is 0 Å². The Hall–Kier alpha value is -2.82. The largest absolute Gasteiger partial charge is 0.508 e. The second-order valence-electron chi connectivity index (χ2n) is 8.05. The van der Waals surface area contributed by atoms with Crippen LogP contribution in [0.1, 0.15) is 43.0 Å². The maximum absolute atomic E-state index is 13.5. The molecule has 146 valence electrons. The van der Waals surface area contributed by atoms with Crippen LogP contribution in [0.5, 0.6) is 11.5 Å². The van der Waals surface area contributed by atoms with Crippen LogP contribution in [0.15, 0.2) is 47.4 Å². The highest BCUT2D eigenvalue weighted by Crippen LogP contribution is 2.45. The smallest absolute Gasteiger partial charge is 0.262 e. The summed E-state index contributed by atoms with van der Waals surface area (Å²) in [6.07, 6.45) is 10.1. The lowest BCUT2D eigenvalue weighted by Gasteiger charge is -2.40. The molecule has 2 aliphatic carbocycles. The van der Waals surface area contributed by atoms with Crippen molar-refractivity contribution in [2.45, 2.75) is 32.6 Å². The van der Waals surface area contributed by atoms with Crippen molar-refractivity contribution in [3.8, 4) is 22.6 Å². The Morgan fingerprint density at radius 1 is 1.07 bits per heavy atom. The molecule has 1 saturated carbocycles. The monoisotopic (exact) mass is 379 g/mol. The van der Waals surface area contributed by atoms with Crippen molar-refractivity contribution in [3.05, 3.63) is 58.5 Å². The number of fused-ring (bicyclic) bond motifs is 1. The minimum Gasteiger partial charge on any atom is -0.508 e. The van der Waals surface area contributed by atoms with E-state index in [0.717, 1.165) is 19.3 Å². The number of nitrogens with one attached hydrogen (secondary N) is 1. The number of pyridine rings is 1. The molecule has 1 aromatic carbocycles. The van der Waals surface area contributed by atoms with Crippen LogP contribution < -0.4 is 5.56 Å². The second kappa shape index (κ2) is 7.30. The normalized spacial score (nSPS) is 26.6. The Bertz CT molecular complexity index is 973. The third-order valence-electron chi connectivity index (χ3n) is 6.36. The molecule has 0 bridgehead atoms. The number of carbonyl (C=O) groups excluding carboxylic acids is 1. The van der Waals surface area contributed by atoms with E-state index in [1.165, 1.54) is 24.8 Å². The van der Waals surface area contributed by atoms with E-state index in [0.29, 0.717) is 17.0 Å². The number of hydrogen-bond donors (Lipinski definition) is 3. The van der Waals surface area contributed by atoms with Gasteiger partial charge in [0.15, 0.2) is 5.78 Å². The molecule has 4 atom stereocenters. The minimum atomic E-state index is -0.556. The fourth-order valence-electron chi connectivity index (χ4n) is 4.91. The third-order valence-corrected chi connectivity index (χ3v) is 6.36. The first-order chi connectivity index (χ1) is 13.5. The predicted molar refractivity (Wildman–Crippen MR) is 107 cm³/mol. The number of aromatic nitrogens is 1. The maximum Gasteiger partial charge on any atom is 0.262 e. The molecule has 0 aliphatic heterocycles. The zero-order chi connectivity index (χ0) is 19.8. The molecule has 4 rings (SSSR count). The van der Waals surface area contributed by atoms with Gasteiger partial charge in [0.1, 0.15) is 17.1 Å². The molecule has 28 heavy (non-hydrogen) atoms. The Morgan fingerprint density at radius 3 is 2.54 bits per heavy atom. The molecule has 1 heterocycles. The minimum absolute atomic E-state index is 0.0305. The zero-order valence-corrected chi connectivity index (χ0v) is 15.9. The predicted octanol–water partition coefficient (Wildman–Crippen LogP) is 4.26. The molecule has 3 N–H and O–H groups in total. The number of allylic oxidation sites excluding steroid dienone is 2. The third kappa shape index (κ3) is 3.15. The number of aromatic amines is 1. The lowest BCUT2D eigenvalue weighted by atomic mass is 9.63. The van der Waals surface area contributed by atoms with Crippen molar-refractivity contribution in [2.75, 3.05) is 0 Å². The van der Waals surface area contributed by atoms with Crippen molar-refractivity contribution in [1.82, 2.24) is 4.98 Å². The van der Waals surface area contributed by atoms with E-state index in [1.54, 1.807) is 12.1 Å². The molecule has 0 unspecified atom stereocenters. The van der Waals surface area contributed by atoms with E-state index in [2.05, 4.69) is 17.1 Å². The van der Waals surface area contributed by atoms with Crippen LogP contribution in [-0.2, 0) is 0 Å². The fourth-order valence-corrected chi connectivity index (χ4v) is 4.91. The highest BCUT2D eigenvalue weighted by atomic mass is 16.3. The first-order valence-electron chi connectivity index (χ1n) is 9.94. The van der Waals surface area contributed by atoms with Gasteiger partial charge in [-0.3, -0.25) is 9.59 Å². The summed E-state index contributed by atoms with van der Waals surface area (Å²) in [5.41, 5.74) is 0.288. The van der Waals surface area contributed by atoms with E-state index in [9.17, 15) is 19.8 Å². The Morgan fingerprint density at radius 2 is 1.79 bits per heavy atom. The molecule has 0 amide bonds. The number of rotatable bonds is 3. The molecule has 2 aliphatic rings. The van der Waals surface area contributed by atoms with Crippen LogP contribution >= 0.6 is 0 Å². The SMILES string of the molecule is C[C@@H]1C=C[C@@H]2CCCC[C@H]2[C@@H]1C(=O)c1c(O)c(-c2ccc(O)cc2)c[nH]c1=O. The highest BCUT2D eigenvalue weighted by Gasteiger charge is 2.41. The van der Waals surface area contributed by atoms with Crippen LogP contribution in [0.3, 0.4) is 0 Å². The topological polar surface area (TPSA) is 90.4 Å². The first-order valence-corrected chi connectivity index (χ1v) is 9.94. The number of carbonyl (C=O) groups is 1. The number of benzene rings is 1. The van der Waals surface area contributed by atoms with E-state index >= 15 is 0 Å². The first kappa shape index (κ1) is 18.5. The Balaban J connectivity index is 1.77. The van der Waals surface area contributed by atoms with Crippen molar-refractivity contribution in [3.63, 3.8) is 0 Å². The van der Waals surface area contributed by atoms with Crippen molar-refractivity contribution in [2.24, 2.45) is 23.7 Å². The quantitative estimate of drug-likeness (QED) is 0.549. The van der Waals surface area contributed by atoms with Crippen LogP contribution in [0.25, 0.3) is 11.1 Å². The summed E-state index contributed by atoms with van der Waals surface area (Å²) >= 11 is 0. The van der Waals surface area contributed by atoms with Crippen LogP contribution in [0.2, 0.25) is 0 Å². The zero-order valence-electron chi connectivity index (χ0n) is 15.9. The van der Waals surface area contributed by atoms with Gasteiger partial charge in [0.2, 0.25) is 0 Å². The van der Waals surface area contributed by atoms with Gasteiger partial charge in [0, 0.05) is 17.7 Å². The molecule has 0 spiro atoms. The van der Waals surface area contributed by atoms with Crippen molar-refractivity contribution < 1.29 is 15.0 Å². The molecule has 1 aromatic heterocycles. The second-order valence-corrected chi connectivity index (χ2v) is 8.05. The van der Waals surface area contributed by atoms with E-state index in [1.807, 2.05) is 6.92 Å². The van der Waals surface area contributed by atoms with Crippen LogP contribution in [0.4, 0.5) is 0 Å². The Labute approximate surface area is 163 Å². The number of hydrogen-bond acceptors (Lipinski definition) is 4. The van der Waals surface area contributed by atoms with Gasteiger partial charge in [-0.15, -0.1) is 0 Å². The number of phenolic OH excluding ortho intramolecular Hbond substituents is 1. The highest BCUT2D eigenvalue weighted by molar-refractivity contribution is 6.02. The van der Waals surface area contributed by atoms with Gasteiger partial charge in [-0.05, 0) is 48.3 Å². The molecule has 5 heteroatoms. The molecule has 0 radical (unpaired) electrons. The summed E-state index contributed by atoms with van der Waals surface area (Å²) in [5, 5.41) is 20.3. The van der Waals surface area contributed by atoms with Crippen LogP contribution in [0, 0.1) is 23.7 Å². The lowest BCUT2D eigenvalue weighted by Crippen LogP contribution is -2.39. The molecule has 2 aromatic rings. The van der Waals surface area contributed by atoms with Gasteiger partial charge in [0.05, 0.1) is 0 Å². The van der Waals surface area contributed by atoms with Crippen LogP contribution in [-0.4, -0.2) is 21.0 Å². The number of phenols is 1. The standard InChI is InChI=1S/C23H25NO4/c1-13-6-7-14-4-2-3-5-17(14)19(13)22(27)20-21(26)18(12-24-23(20)28)15-8-10-16(25)11-9-15/h6-14,17,19,25H,2-5H2,1H3,(H2,24,26,28)/t13-,14+,17-,19-/m1/s1. The summed E-state index contributed by atoms with van der Waals surface area (Å²) in [7, 11) is 0. The lowest BCUT2D eigenvalue weighted by molar-refractivity contribution is 0.0727. The average molecular weight is 379 g/mol. The van der Waals surface area contributed by atoms with E-state index < -0.39 is 5.56 Å².